The van der Waals surface area contributed by atoms with Crippen LogP contribution in [0.4, 0.5) is 13.6 Å². The Bertz CT molecular complexity index is 1690. The van der Waals surface area contributed by atoms with Crippen LogP contribution in [0, 0.1) is 11.6 Å². The number of pyridine rings is 1. The molecule has 2 aromatic carbocycles. The van der Waals surface area contributed by atoms with Gasteiger partial charge in [-0.25, -0.2) is 23.3 Å². The molecule has 11 nitrogen and oxygen atoms in total. The van der Waals surface area contributed by atoms with Crippen LogP contribution in [0.25, 0.3) is 0 Å². The lowest BCUT2D eigenvalue weighted by Crippen LogP contribution is -2.53. The summed E-state index contributed by atoms with van der Waals surface area (Å²) in [6.45, 7) is 12.4. The predicted molar refractivity (Wildman–Crippen MR) is 172 cm³/mol. The highest BCUT2D eigenvalue weighted by Crippen LogP contribution is 2.22. The number of carbonyl (C=O) groups is 3. The number of hydrogen-bond donors (Lipinski definition) is 3. The Morgan fingerprint density at radius 1 is 1.06 bits per heavy atom. The maximum Gasteiger partial charge on any atom is 0.430 e. The zero-order valence-corrected chi connectivity index (χ0v) is 26.6. The standard InChI is InChI=1S/C34H38F2N4O7/c1-7-21(3)38-32(44)28-30(46-20-22-12-10-9-11-13-22)29(42)26(31(43)37-17-23-14-15-24(35)16-27(23)36)18-39(28)40(25(8-2)19-41)33(45)47-34(4,5)6/h7-16,18,21,25,41H,1-2,17,19-20H2,3-6H3,(H,37,43)(H,38,44)/t21-,25-/m0/s1. The van der Waals surface area contributed by atoms with Crippen molar-refractivity contribution in [2.45, 2.75) is 58.5 Å². The maximum absolute atomic E-state index is 14.3. The second-order valence-electron chi connectivity index (χ2n) is 11.4. The zero-order chi connectivity index (χ0) is 34.9. The molecule has 0 aliphatic heterocycles. The number of aliphatic hydroxyl groups is 1. The van der Waals surface area contributed by atoms with Crippen molar-refractivity contribution >= 4 is 17.9 Å². The van der Waals surface area contributed by atoms with Crippen molar-refractivity contribution in [1.82, 2.24) is 15.3 Å². The third kappa shape index (κ3) is 9.36. The van der Waals surface area contributed by atoms with E-state index in [1.807, 2.05) is 0 Å². The number of nitrogens with one attached hydrogen (secondary N) is 2. The number of hydrogen-bond acceptors (Lipinski definition) is 7. The number of ether oxygens (including phenoxy) is 2. The lowest BCUT2D eigenvalue weighted by Gasteiger charge is -2.34. The van der Waals surface area contributed by atoms with Gasteiger partial charge in [0.15, 0.2) is 11.4 Å². The first-order valence-electron chi connectivity index (χ1n) is 14.6. The van der Waals surface area contributed by atoms with Crippen molar-refractivity contribution in [2.75, 3.05) is 11.6 Å². The maximum atomic E-state index is 14.3. The molecule has 0 aliphatic carbocycles. The van der Waals surface area contributed by atoms with E-state index in [0.29, 0.717) is 11.6 Å². The number of rotatable bonds is 13. The van der Waals surface area contributed by atoms with Gasteiger partial charge in [0.05, 0.1) is 12.6 Å². The molecule has 0 saturated carbocycles. The van der Waals surface area contributed by atoms with E-state index in [4.69, 9.17) is 9.47 Å². The number of nitrogens with zero attached hydrogens (tertiary/aromatic N) is 2. The topological polar surface area (TPSA) is 139 Å². The minimum Gasteiger partial charge on any atom is -0.482 e. The molecular formula is C34H38F2N4O7. The van der Waals surface area contributed by atoms with Gasteiger partial charge in [-0.1, -0.05) is 48.6 Å². The quantitative estimate of drug-likeness (QED) is 0.233. The Morgan fingerprint density at radius 2 is 1.74 bits per heavy atom. The summed E-state index contributed by atoms with van der Waals surface area (Å²) in [7, 11) is 0. The number of halogens is 2. The van der Waals surface area contributed by atoms with E-state index in [1.54, 1.807) is 58.0 Å². The molecule has 0 aliphatic rings. The second kappa shape index (κ2) is 15.8. The Hall–Kier alpha value is -5.30. The highest BCUT2D eigenvalue weighted by molar-refractivity contribution is 5.99. The van der Waals surface area contributed by atoms with Crippen LogP contribution in [0.1, 0.15) is 59.7 Å². The predicted octanol–water partition coefficient (Wildman–Crippen LogP) is 4.36. The van der Waals surface area contributed by atoms with Crippen LogP contribution in [0.2, 0.25) is 0 Å². The molecule has 0 unspecified atom stereocenters. The molecule has 13 heteroatoms. The van der Waals surface area contributed by atoms with Gasteiger partial charge >= 0.3 is 6.09 Å². The lowest BCUT2D eigenvalue weighted by atomic mass is 10.1. The van der Waals surface area contributed by atoms with Crippen molar-refractivity contribution in [3.05, 3.63) is 124 Å². The van der Waals surface area contributed by atoms with Crippen molar-refractivity contribution in [1.29, 1.82) is 0 Å². The zero-order valence-electron chi connectivity index (χ0n) is 26.6. The first-order chi connectivity index (χ1) is 22.2. The molecule has 0 saturated heterocycles. The number of carbonyl (C=O) groups excluding carboxylic acids is 3. The fraction of sp³-hybridized carbons (Fsp3) is 0.294. The Morgan fingerprint density at radius 3 is 2.32 bits per heavy atom. The normalized spacial score (nSPS) is 12.3. The van der Waals surface area contributed by atoms with Gasteiger partial charge in [-0.3, -0.25) is 14.4 Å². The summed E-state index contributed by atoms with van der Waals surface area (Å²) in [6, 6.07) is 9.57. The highest BCUT2D eigenvalue weighted by atomic mass is 19.1. The molecule has 0 radical (unpaired) electrons. The van der Waals surface area contributed by atoms with E-state index < -0.39 is 82.8 Å². The summed E-state index contributed by atoms with van der Waals surface area (Å²) in [6.07, 6.45) is 2.47. The van der Waals surface area contributed by atoms with Crippen molar-refractivity contribution in [2.24, 2.45) is 0 Å². The summed E-state index contributed by atoms with van der Waals surface area (Å²) in [5, 5.41) is 16.1. The number of aliphatic hydroxyl groups excluding tert-OH is 1. The molecule has 0 bridgehead atoms. The van der Waals surface area contributed by atoms with Crippen molar-refractivity contribution in [3.8, 4) is 5.75 Å². The van der Waals surface area contributed by atoms with Gasteiger partial charge < -0.3 is 25.2 Å². The molecule has 3 aromatic rings. The van der Waals surface area contributed by atoms with Crippen LogP contribution in [0.5, 0.6) is 5.75 Å². The monoisotopic (exact) mass is 652 g/mol. The molecule has 0 spiro atoms. The van der Waals surface area contributed by atoms with Gasteiger partial charge in [-0.15, -0.1) is 13.2 Å². The Kier molecular flexibility index (Phi) is 12.2. The first-order valence-corrected chi connectivity index (χ1v) is 14.6. The second-order valence-corrected chi connectivity index (χ2v) is 11.4. The molecule has 47 heavy (non-hydrogen) atoms. The third-order valence-electron chi connectivity index (χ3n) is 6.58. The molecule has 3 rings (SSSR count). The van der Waals surface area contributed by atoms with E-state index in [1.165, 1.54) is 12.2 Å². The summed E-state index contributed by atoms with van der Waals surface area (Å²) >= 11 is 0. The van der Waals surface area contributed by atoms with Gasteiger partial charge in [0.25, 0.3) is 11.8 Å². The van der Waals surface area contributed by atoms with E-state index in [9.17, 15) is 33.1 Å². The van der Waals surface area contributed by atoms with Crippen LogP contribution in [-0.4, -0.2) is 52.0 Å². The van der Waals surface area contributed by atoms with Gasteiger partial charge in [-0.05, 0) is 39.3 Å². The SMILES string of the molecule is C=C[C@H](C)NC(=O)c1c(OCc2ccccc2)c(=O)c(C(=O)NCc2ccc(F)cc2F)cn1N(C(=O)OC(C)(C)C)[C@@H](C=C)CO. The van der Waals surface area contributed by atoms with Gasteiger partial charge in [0.1, 0.15) is 29.4 Å². The van der Waals surface area contributed by atoms with Gasteiger partial charge in [0, 0.05) is 30.4 Å². The smallest absolute Gasteiger partial charge is 0.430 e. The van der Waals surface area contributed by atoms with Crippen LogP contribution in [0.15, 0.2) is 84.8 Å². The molecule has 2 atom stereocenters. The minimum atomic E-state index is -1.23. The van der Waals surface area contributed by atoms with E-state index >= 15 is 0 Å². The van der Waals surface area contributed by atoms with Gasteiger partial charge in [-0.2, -0.15) is 0 Å². The third-order valence-corrected chi connectivity index (χ3v) is 6.58. The van der Waals surface area contributed by atoms with Gasteiger partial charge in [0.2, 0.25) is 5.43 Å². The van der Waals surface area contributed by atoms with E-state index in [2.05, 4.69) is 23.8 Å². The molecule has 250 valence electrons. The molecule has 1 heterocycles. The number of aromatic nitrogens is 1. The highest BCUT2D eigenvalue weighted by Gasteiger charge is 2.35. The minimum absolute atomic E-state index is 0.0718. The molecule has 3 N–H and O–H groups in total. The van der Waals surface area contributed by atoms with Crippen molar-refractivity contribution in [3.63, 3.8) is 0 Å². The number of amides is 3. The average Bonchev–Trinajstić information content (AvgIpc) is 3.01. The number of benzene rings is 2. The molecule has 0 fully saturated rings. The first kappa shape index (κ1) is 36.2. The fourth-order valence-corrected chi connectivity index (χ4v) is 4.20. The van der Waals surface area contributed by atoms with Crippen LogP contribution >= 0.6 is 0 Å². The Labute approximate surface area is 271 Å². The summed E-state index contributed by atoms with van der Waals surface area (Å²) < 4.78 is 40.1. The van der Waals surface area contributed by atoms with Crippen LogP contribution < -0.4 is 25.8 Å². The largest absolute Gasteiger partial charge is 0.482 e. The summed E-state index contributed by atoms with van der Waals surface area (Å²) in [4.78, 5) is 55.1. The van der Waals surface area contributed by atoms with E-state index in [-0.39, 0.29) is 12.2 Å². The molecular weight excluding hydrogens is 614 g/mol. The Balaban J connectivity index is 2.31. The average molecular weight is 653 g/mol. The lowest BCUT2D eigenvalue weighted by molar-refractivity contribution is 0.0507. The van der Waals surface area contributed by atoms with E-state index in [0.717, 1.165) is 28.0 Å². The summed E-state index contributed by atoms with van der Waals surface area (Å²) in [5.74, 6) is -4.29. The summed E-state index contributed by atoms with van der Waals surface area (Å²) in [5.41, 5.74) is -2.67. The fourth-order valence-electron chi connectivity index (χ4n) is 4.20. The van der Waals surface area contributed by atoms with Crippen molar-refractivity contribution < 1.29 is 37.7 Å². The molecule has 3 amide bonds. The molecule has 1 aromatic heterocycles. The van der Waals surface area contributed by atoms with Crippen LogP contribution in [0.3, 0.4) is 0 Å². The van der Waals surface area contributed by atoms with Crippen LogP contribution in [-0.2, 0) is 17.9 Å².